The van der Waals surface area contributed by atoms with Crippen molar-refractivity contribution in [2.75, 3.05) is 0 Å². The average molecular weight is 240 g/mol. The molecule has 0 amide bonds. The van der Waals surface area contributed by atoms with Crippen LogP contribution in [-0.4, -0.2) is 5.78 Å². The Hall–Kier alpha value is -1.11. The number of Topliss-reactive ketones (excluding diaryl/α,β-unsaturated/α-hetero) is 1. The van der Waals surface area contributed by atoms with Gasteiger partial charge in [-0.25, -0.2) is 0 Å². The molecule has 0 saturated heterocycles. The van der Waals surface area contributed by atoms with Crippen molar-refractivity contribution in [2.24, 2.45) is 11.8 Å². The minimum Gasteiger partial charge on any atom is -0.294 e. The zero-order valence-electron chi connectivity index (χ0n) is 10.8. The lowest BCUT2D eigenvalue weighted by atomic mass is 9.77. The van der Waals surface area contributed by atoms with Crippen molar-refractivity contribution in [3.63, 3.8) is 0 Å². The summed E-state index contributed by atoms with van der Waals surface area (Å²) >= 11 is 0. The van der Waals surface area contributed by atoms with Crippen LogP contribution in [0, 0.1) is 11.8 Å². The van der Waals surface area contributed by atoms with Gasteiger partial charge in [-0.05, 0) is 61.0 Å². The van der Waals surface area contributed by atoms with E-state index in [0.29, 0.717) is 11.7 Å². The van der Waals surface area contributed by atoms with E-state index in [2.05, 4.69) is 18.2 Å². The molecule has 3 atom stereocenters. The Labute approximate surface area is 109 Å². The molecule has 1 nitrogen and oxygen atoms in total. The smallest absolute Gasteiger partial charge is 0.163 e. The van der Waals surface area contributed by atoms with Crippen LogP contribution in [0.5, 0.6) is 0 Å². The van der Waals surface area contributed by atoms with Crippen molar-refractivity contribution < 1.29 is 4.79 Å². The number of carbonyl (C=O) groups excluding carboxylic acids is 1. The Balaban J connectivity index is 1.79. The van der Waals surface area contributed by atoms with Gasteiger partial charge in [0.15, 0.2) is 5.78 Å². The summed E-state index contributed by atoms with van der Waals surface area (Å²) in [4.78, 5) is 12.3. The van der Waals surface area contributed by atoms with Crippen LogP contribution in [0.2, 0.25) is 0 Å². The van der Waals surface area contributed by atoms with E-state index in [1.165, 1.54) is 36.8 Å². The molecule has 1 aromatic carbocycles. The van der Waals surface area contributed by atoms with Crippen LogP contribution in [0.3, 0.4) is 0 Å². The van der Waals surface area contributed by atoms with E-state index < -0.39 is 0 Å². The van der Waals surface area contributed by atoms with Crippen LogP contribution < -0.4 is 0 Å². The molecule has 0 heterocycles. The fourth-order valence-electron chi connectivity index (χ4n) is 4.67. The molecule has 4 rings (SSSR count). The predicted molar refractivity (Wildman–Crippen MR) is 71.9 cm³/mol. The zero-order valence-corrected chi connectivity index (χ0v) is 10.8. The lowest BCUT2D eigenvalue weighted by molar-refractivity contribution is 0.0970. The van der Waals surface area contributed by atoms with Crippen molar-refractivity contribution in [1.82, 2.24) is 0 Å². The number of carbonyl (C=O) groups is 1. The van der Waals surface area contributed by atoms with E-state index >= 15 is 0 Å². The quantitative estimate of drug-likeness (QED) is 0.722. The number of hydrogen-bond donors (Lipinski definition) is 0. The van der Waals surface area contributed by atoms with Crippen molar-refractivity contribution in [3.8, 4) is 0 Å². The molecule has 0 radical (unpaired) electrons. The predicted octanol–water partition coefficient (Wildman–Crippen LogP) is 4.11. The molecule has 3 aliphatic rings. The largest absolute Gasteiger partial charge is 0.294 e. The number of benzene rings is 1. The zero-order chi connectivity index (χ0) is 12.1. The van der Waals surface area contributed by atoms with E-state index in [1.807, 2.05) is 0 Å². The molecule has 3 aliphatic carbocycles. The van der Waals surface area contributed by atoms with Gasteiger partial charge >= 0.3 is 0 Å². The molecule has 0 spiro atoms. The second-order valence-electron chi connectivity index (χ2n) is 6.44. The van der Waals surface area contributed by atoms with Gasteiger partial charge in [0.05, 0.1) is 0 Å². The number of hydrogen-bond acceptors (Lipinski definition) is 1. The summed E-state index contributed by atoms with van der Waals surface area (Å²) in [5.41, 5.74) is 3.86. The Bertz CT molecular complexity index is 502. The third-order valence-electron chi connectivity index (χ3n) is 5.45. The van der Waals surface area contributed by atoms with Gasteiger partial charge in [0.1, 0.15) is 0 Å². The van der Waals surface area contributed by atoms with Gasteiger partial charge in [-0.1, -0.05) is 24.6 Å². The van der Waals surface area contributed by atoms with Crippen molar-refractivity contribution in [1.29, 1.82) is 0 Å². The van der Waals surface area contributed by atoms with Gasteiger partial charge in [0.2, 0.25) is 0 Å². The Kier molecular flexibility index (Phi) is 2.36. The highest BCUT2D eigenvalue weighted by Gasteiger charge is 2.41. The van der Waals surface area contributed by atoms with Gasteiger partial charge in [-0.15, -0.1) is 0 Å². The maximum absolute atomic E-state index is 12.3. The van der Waals surface area contributed by atoms with Crippen molar-refractivity contribution in [2.45, 2.75) is 50.9 Å². The summed E-state index contributed by atoms with van der Waals surface area (Å²) in [5.74, 6) is 2.93. The second kappa shape index (κ2) is 3.94. The summed E-state index contributed by atoms with van der Waals surface area (Å²) in [5, 5.41) is 0. The standard InChI is InChI=1S/C17H20O/c18-16-6-2-4-12-3-1-5-14(17(12)16)15-10-11-7-8-13(15)9-11/h1,3,5,11,13,15H,2,4,6-10H2. The Morgan fingerprint density at radius 2 is 2.00 bits per heavy atom. The number of ketones is 1. The molecule has 18 heavy (non-hydrogen) atoms. The molecule has 0 N–H and O–H groups in total. The van der Waals surface area contributed by atoms with Crippen LogP contribution in [0.1, 0.15) is 65.9 Å². The van der Waals surface area contributed by atoms with E-state index in [-0.39, 0.29) is 0 Å². The molecule has 0 aromatic heterocycles. The Morgan fingerprint density at radius 1 is 1.06 bits per heavy atom. The fourth-order valence-corrected chi connectivity index (χ4v) is 4.67. The lowest BCUT2D eigenvalue weighted by Gasteiger charge is -2.27. The van der Waals surface area contributed by atoms with Gasteiger partial charge in [-0.3, -0.25) is 4.79 Å². The normalized spacial score (nSPS) is 33.8. The van der Waals surface area contributed by atoms with E-state index in [4.69, 9.17) is 0 Å². The summed E-state index contributed by atoms with van der Waals surface area (Å²) < 4.78 is 0. The highest BCUT2D eigenvalue weighted by Crippen LogP contribution is 2.53. The molecule has 2 fully saturated rings. The van der Waals surface area contributed by atoms with Crippen LogP contribution in [0.25, 0.3) is 0 Å². The third-order valence-corrected chi connectivity index (χ3v) is 5.45. The molecular formula is C17H20O. The summed E-state index contributed by atoms with van der Waals surface area (Å²) in [6, 6.07) is 6.59. The minimum atomic E-state index is 0.412. The van der Waals surface area contributed by atoms with Gasteiger partial charge in [0, 0.05) is 12.0 Å². The number of fused-ring (bicyclic) bond motifs is 3. The maximum Gasteiger partial charge on any atom is 0.163 e. The van der Waals surface area contributed by atoms with E-state index in [9.17, 15) is 4.79 Å². The highest BCUT2D eigenvalue weighted by molar-refractivity contribution is 6.00. The minimum absolute atomic E-state index is 0.412. The summed E-state index contributed by atoms with van der Waals surface area (Å²) in [6.07, 6.45) is 8.51. The second-order valence-corrected chi connectivity index (χ2v) is 6.44. The summed E-state index contributed by atoms with van der Waals surface area (Å²) in [6.45, 7) is 0. The fraction of sp³-hybridized carbons (Fsp3) is 0.588. The first kappa shape index (κ1) is 10.8. The van der Waals surface area contributed by atoms with E-state index in [1.54, 1.807) is 0 Å². The van der Waals surface area contributed by atoms with Gasteiger partial charge in [-0.2, -0.15) is 0 Å². The molecule has 0 aliphatic heterocycles. The first-order valence-corrected chi connectivity index (χ1v) is 7.48. The number of rotatable bonds is 1. The lowest BCUT2D eigenvalue weighted by Crippen LogP contribution is -2.18. The van der Waals surface area contributed by atoms with Crippen molar-refractivity contribution >= 4 is 5.78 Å². The van der Waals surface area contributed by atoms with Crippen LogP contribution in [0.15, 0.2) is 18.2 Å². The molecular weight excluding hydrogens is 220 g/mol. The topological polar surface area (TPSA) is 17.1 Å². The van der Waals surface area contributed by atoms with Crippen LogP contribution >= 0.6 is 0 Å². The molecule has 2 bridgehead atoms. The SMILES string of the molecule is O=C1CCCc2cccc(C3CC4CCC3C4)c21. The van der Waals surface area contributed by atoms with Crippen LogP contribution in [0.4, 0.5) is 0 Å². The molecule has 3 unspecified atom stereocenters. The monoisotopic (exact) mass is 240 g/mol. The molecule has 1 heteroatoms. The molecule has 2 saturated carbocycles. The highest BCUT2D eigenvalue weighted by atomic mass is 16.1. The molecule has 94 valence electrons. The number of aryl methyl sites for hydroxylation is 1. The first-order valence-electron chi connectivity index (χ1n) is 7.48. The van der Waals surface area contributed by atoms with Gasteiger partial charge < -0.3 is 0 Å². The third kappa shape index (κ3) is 1.49. The maximum atomic E-state index is 12.3. The van der Waals surface area contributed by atoms with E-state index in [0.717, 1.165) is 36.7 Å². The molecule has 1 aromatic rings. The average Bonchev–Trinajstić information content (AvgIpc) is 3.00. The van der Waals surface area contributed by atoms with Crippen LogP contribution in [-0.2, 0) is 6.42 Å². The Morgan fingerprint density at radius 3 is 2.78 bits per heavy atom. The first-order chi connectivity index (χ1) is 8.83. The summed E-state index contributed by atoms with van der Waals surface area (Å²) in [7, 11) is 0. The van der Waals surface area contributed by atoms with Gasteiger partial charge in [0.25, 0.3) is 0 Å². The van der Waals surface area contributed by atoms with Crippen molar-refractivity contribution in [3.05, 3.63) is 34.9 Å².